The fourth-order valence-corrected chi connectivity index (χ4v) is 4.58. The second-order valence-electron chi connectivity index (χ2n) is 8.48. The van der Waals surface area contributed by atoms with Crippen molar-refractivity contribution in [1.29, 1.82) is 0 Å². The van der Waals surface area contributed by atoms with Gasteiger partial charge in [-0.15, -0.1) is 0 Å². The first kappa shape index (κ1) is 21.5. The lowest BCUT2D eigenvalue weighted by atomic mass is 9.76. The molecule has 7 heteroatoms. The number of carbonyl (C=O) groups excluding carboxylic acids is 4. The molecule has 1 fully saturated rings. The standard InChI is InChI=1S/C25H25N3O4/c1-14-12-15(2)22-21(13-14)24(31)28(25(22)32)20-10-4-17(5-11-20)23(30)27-19-8-6-18(7-9-19)26-16(3)29/h4-12,15,21-22H,13H2,1-3H3,(H,26,29)(H,27,30)/t15-,21-,22-/m1/s1. The molecule has 1 aliphatic heterocycles. The van der Waals surface area contributed by atoms with E-state index < -0.39 is 0 Å². The van der Waals surface area contributed by atoms with Crippen LogP contribution in [0.1, 0.15) is 37.6 Å². The van der Waals surface area contributed by atoms with Crippen LogP contribution in [0, 0.1) is 17.8 Å². The maximum atomic E-state index is 13.0. The van der Waals surface area contributed by atoms with Gasteiger partial charge in [-0.25, -0.2) is 0 Å². The van der Waals surface area contributed by atoms with Crippen molar-refractivity contribution in [2.45, 2.75) is 27.2 Å². The van der Waals surface area contributed by atoms with Crippen LogP contribution in [0.15, 0.2) is 60.2 Å². The summed E-state index contributed by atoms with van der Waals surface area (Å²) in [6.07, 6.45) is 2.68. The van der Waals surface area contributed by atoms with E-state index in [1.54, 1.807) is 48.5 Å². The minimum atomic E-state index is -0.324. The molecule has 1 heterocycles. The average Bonchev–Trinajstić information content (AvgIpc) is 2.99. The number of carbonyl (C=O) groups is 4. The number of amides is 4. The van der Waals surface area contributed by atoms with Gasteiger partial charge in [-0.05, 0) is 67.8 Å². The first-order valence-electron chi connectivity index (χ1n) is 10.6. The lowest BCUT2D eigenvalue weighted by molar-refractivity contribution is -0.122. The van der Waals surface area contributed by atoms with Crippen molar-refractivity contribution in [2.75, 3.05) is 15.5 Å². The molecule has 0 unspecified atom stereocenters. The first-order valence-corrected chi connectivity index (χ1v) is 10.6. The van der Waals surface area contributed by atoms with Crippen LogP contribution in [0.4, 0.5) is 17.1 Å². The van der Waals surface area contributed by atoms with E-state index in [9.17, 15) is 19.2 Å². The van der Waals surface area contributed by atoms with Gasteiger partial charge in [0, 0.05) is 23.9 Å². The third-order valence-electron chi connectivity index (χ3n) is 5.98. The number of allylic oxidation sites excluding steroid dienone is 2. The third-order valence-corrected chi connectivity index (χ3v) is 5.98. The number of imide groups is 1. The molecule has 0 bridgehead atoms. The summed E-state index contributed by atoms with van der Waals surface area (Å²) in [6.45, 7) is 5.40. The van der Waals surface area contributed by atoms with E-state index in [-0.39, 0.29) is 41.4 Å². The van der Waals surface area contributed by atoms with Crippen LogP contribution in [-0.4, -0.2) is 23.6 Å². The van der Waals surface area contributed by atoms with Gasteiger partial charge in [0.2, 0.25) is 17.7 Å². The topological polar surface area (TPSA) is 95.6 Å². The zero-order chi connectivity index (χ0) is 23.0. The van der Waals surface area contributed by atoms with Crippen LogP contribution < -0.4 is 15.5 Å². The van der Waals surface area contributed by atoms with Crippen molar-refractivity contribution in [1.82, 2.24) is 0 Å². The summed E-state index contributed by atoms with van der Waals surface area (Å²) in [5.41, 5.74) is 3.25. The second-order valence-corrected chi connectivity index (χ2v) is 8.48. The number of fused-ring (bicyclic) bond motifs is 1. The Kier molecular flexibility index (Phi) is 5.65. The van der Waals surface area contributed by atoms with Crippen LogP contribution in [0.2, 0.25) is 0 Å². The fourth-order valence-electron chi connectivity index (χ4n) is 4.58. The minimum Gasteiger partial charge on any atom is -0.326 e. The first-order chi connectivity index (χ1) is 15.2. The monoisotopic (exact) mass is 431 g/mol. The van der Waals surface area contributed by atoms with E-state index in [0.717, 1.165) is 5.57 Å². The Bertz CT molecular complexity index is 1120. The Morgan fingerprint density at radius 3 is 2.09 bits per heavy atom. The molecule has 4 amide bonds. The number of hydrogen-bond acceptors (Lipinski definition) is 4. The highest BCUT2D eigenvalue weighted by Crippen LogP contribution is 2.42. The van der Waals surface area contributed by atoms with Gasteiger partial charge in [0.1, 0.15) is 0 Å². The van der Waals surface area contributed by atoms with Gasteiger partial charge >= 0.3 is 0 Å². The normalized spacial score (nSPS) is 22.3. The summed E-state index contributed by atoms with van der Waals surface area (Å²) >= 11 is 0. The number of nitrogens with one attached hydrogen (secondary N) is 2. The molecule has 0 saturated carbocycles. The molecule has 32 heavy (non-hydrogen) atoms. The van der Waals surface area contributed by atoms with Crippen molar-refractivity contribution >= 4 is 40.7 Å². The molecular weight excluding hydrogens is 406 g/mol. The molecule has 0 spiro atoms. The van der Waals surface area contributed by atoms with Crippen LogP contribution in [-0.2, 0) is 14.4 Å². The van der Waals surface area contributed by atoms with Gasteiger partial charge in [0.15, 0.2) is 0 Å². The molecule has 3 atom stereocenters. The predicted octanol–water partition coefficient (Wildman–Crippen LogP) is 3.99. The molecule has 4 rings (SSSR count). The summed E-state index contributed by atoms with van der Waals surface area (Å²) in [4.78, 5) is 50.9. The molecule has 1 saturated heterocycles. The summed E-state index contributed by atoms with van der Waals surface area (Å²) in [6, 6.07) is 13.2. The van der Waals surface area contributed by atoms with Crippen molar-refractivity contribution in [3.63, 3.8) is 0 Å². The molecule has 2 aromatic carbocycles. The predicted molar refractivity (Wildman–Crippen MR) is 122 cm³/mol. The summed E-state index contributed by atoms with van der Waals surface area (Å²) in [5, 5.41) is 5.46. The van der Waals surface area contributed by atoms with E-state index in [4.69, 9.17) is 0 Å². The molecule has 2 aromatic rings. The molecule has 164 valence electrons. The Morgan fingerprint density at radius 2 is 1.50 bits per heavy atom. The van der Waals surface area contributed by atoms with E-state index >= 15 is 0 Å². The van der Waals surface area contributed by atoms with Gasteiger partial charge in [0.25, 0.3) is 5.91 Å². The fraction of sp³-hybridized carbons (Fsp3) is 0.280. The highest BCUT2D eigenvalue weighted by atomic mass is 16.2. The number of benzene rings is 2. The van der Waals surface area contributed by atoms with Crippen molar-refractivity contribution in [3.8, 4) is 0 Å². The maximum Gasteiger partial charge on any atom is 0.255 e. The van der Waals surface area contributed by atoms with Crippen LogP contribution >= 0.6 is 0 Å². The molecule has 0 radical (unpaired) electrons. The number of rotatable bonds is 4. The molecule has 2 N–H and O–H groups in total. The van der Waals surface area contributed by atoms with Gasteiger partial charge in [-0.1, -0.05) is 18.6 Å². The lowest BCUT2D eigenvalue weighted by Gasteiger charge is -2.25. The summed E-state index contributed by atoms with van der Waals surface area (Å²) in [7, 11) is 0. The SMILES string of the molecule is CC(=O)Nc1ccc(NC(=O)c2ccc(N3C(=O)[C@@H]4[C@H](C)C=C(C)C[C@H]4C3=O)cc2)cc1. The van der Waals surface area contributed by atoms with Gasteiger partial charge < -0.3 is 10.6 Å². The molecule has 1 aliphatic carbocycles. The van der Waals surface area contributed by atoms with Crippen LogP contribution in [0.25, 0.3) is 0 Å². The molecule has 2 aliphatic rings. The van der Waals surface area contributed by atoms with Crippen LogP contribution in [0.3, 0.4) is 0 Å². The number of anilines is 3. The number of nitrogens with zero attached hydrogens (tertiary/aromatic N) is 1. The average molecular weight is 431 g/mol. The van der Waals surface area contributed by atoms with Crippen LogP contribution in [0.5, 0.6) is 0 Å². The van der Waals surface area contributed by atoms with Crippen molar-refractivity contribution < 1.29 is 19.2 Å². The summed E-state index contributed by atoms with van der Waals surface area (Å²) < 4.78 is 0. The molecule has 7 nitrogen and oxygen atoms in total. The highest BCUT2D eigenvalue weighted by molar-refractivity contribution is 6.22. The Labute approximate surface area is 186 Å². The van der Waals surface area contributed by atoms with E-state index in [1.165, 1.54) is 11.8 Å². The Hall–Kier alpha value is -3.74. The Morgan fingerprint density at radius 1 is 0.906 bits per heavy atom. The smallest absolute Gasteiger partial charge is 0.255 e. The van der Waals surface area contributed by atoms with Gasteiger partial charge in [0.05, 0.1) is 17.5 Å². The second kappa shape index (κ2) is 8.42. The van der Waals surface area contributed by atoms with Gasteiger partial charge in [-0.2, -0.15) is 0 Å². The summed E-state index contributed by atoms with van der Waals surface area (Å²) in [5.74, 6) is -1.44. The largest absolute Gasteiger partial charge is 0.326 e. The highest BCUT2D eigenvalue weighted by Gasteiger charge is 2.51. The zero-order valence-electron chi connectivity index (χ0n) is 18.2. The Balaban J connectivity index is 1.46. The van der Waals surface area contributed by atoms with E-state index in [0.29, 0.717) is 29.0 Å². The lowest BCUT2D eigenvalue weighted by Crippen LogP contribution is -2.31. The number of hydrogen-bond donors (Lipinski definition) is 2. The van der Waals surface area contributed by atoms with Crippen molar-refractivity contribution in [3.05, 3.63) is 65.7 Å². The van der Waals surface area contributed by atoms with E-state index in [2.05, 4.69) is 16.7 Å². The molecule has 0 aromatic heterocycles. The minimum absolute atomic E-state index is 0.0253. The van der Waals surface area contributed by atoms with Crippen molar-refractivity contribution in [2.24, 2.45) is 17.8 Å². The quantitative estimate of drug-likeness (QED) is 0.565. The maximum absolute atomic E-state index is 13.0. The van der Waals surface area contributed by atoms with Gasteiger partial charge in [-0.3, -0.25) is 24.1 Å². The van der Waals surface area contributed by atoms with E-state index in [1.807, 2.05) is 13.8 Å². The molecular formula is C25H25N3O4. The zero-order valence-corrected chi connectivity index (χ0v) is 18.2. The third kappa shape index (κ3) is 4.06.